The number of halogens is 1. The first-order valence-corrected chi connectivity index (χ1v) is 9.32. The van der Waals surface area contributed by atoms with Crippen LogP contribution in [0.3, 0.4) is 0 Å². The first-order valence-electron chi connectivity index (χ1n) is 8.94. The molecule has 3 aromatic rings. The fourth-order valence-electron chi connectivity index (χ4n) is 2.73. The van der Waals surface area contributed by atoms with Gasteiger partial charge in [-0.2, -0.15) is 0 Å². The monoisotopic (exact) mass is 423 g/mol. The molecule has 0 bridgehead atoms. The van der Waals surface area contributed by atoms with Crippen LogP contribution in [0.5, 0.6) is 0 Å². The topological polar surface area (TPSA) is 97.4 Å². The van der Waals surface area contributed by atoms with Crippen LogP contribution in [-0.2, 0) is 11.3 Å². The minimum atomic E-state index is -0.561. The number of aromatic nitrogens is 1. The quantitative estimate of drug-likeness (QED) is 0.589. The number of esters is 1. The Morgan fingerprint density at radius 3 is 2.40 bits per heavy atom. The van der Waals surface area contributed by atoms with Gasteiger partial charge in [-0.3, -0.25) is 14.6 Å². The number of carbonyl (C=O) groups excluding carboxylic acids is 3. The van der Waals surface area contributed by atoms with E-state index in [2.05, 4.69) is 15.6 Å². The van der Waals surface area contributed by atoms with Gasteiger partial charge in [0.05, 0.1) is 23.3 Å². The molecule has 7 nitrogen and oxygen atoms in total. The zero-order valence-corrected chi connectivity index (χ0v) is 16.8. The van der Waals surface area contributed by atoms with Crippen molar-refractivity contribution in [3.8, 4) is 0 Å². The normalized spacial score (nSPS) is 10.2. The zero-order valence-electron chi connectivity index (χ0n) is 16.0. The van der Waals surface area contributed by atoms with Gasteiger partial charge in [-0.1, -0.05) is 23.7 Å². The van der Waals surface area contributed by atoms with Crippen molar-refractivity contribution >= 4 is 35.1 Å². The number of nitrogens with zero attached hydrogens (tertiary/aromatic N) is 1. The van der Waals surface area contributed by atoms with Crippen LogP contribution in [0.2, 0.25) is 5.02 Å². The van der Waals surface area contributed by atoms with Crippen molar-refractivity contribution in [2.24, 2.45) is 0 Å². The van der Waals surface area contributed by atoms with Crippen molar-refractivity contribution < 1.29 is 19.1 Å². The molecule has 0 fully saturated rings. The standard InChI is InChI=1S/C22H18ClN3O4/c1-30-22(29)16-10-14(13-25-21(28)18-4-2-3-5-19(18)23)11-17(12-16)26-20(27)15-6-8-24-9-7-15/h2-12H,13H2,1H3,(H,25,28)(H,26,27). The van der Waals surface area contributed by atoms with Crippen molar-refractivity contribution in [1.82, 2.24) is 10.3 Å². The minimum Gasteiger partial charge on any atom is -0.465 e. The number of carbonyl (C=O) groups is 3. The molecule has 0 aliphatic rings. The van der Waals surface area contributed by atoms with E-state index in [1.807, 2.05) is 0 Å². The summed E-state index contributed by atoms with van der Waals surface area (Å²) in [5.41, 5.74) is 1.99. The van der Waals surface area contributed by atoms with Gasteiger partial charge in [0.2, 0.25) is 0 Å². The van der Waals surface area contributed by atoms with Crippen LogP contribution >= 0.6 is 11.6 Å². The predicted molar refractivity (Wildman–Crippen MR) is 113 cm³/mol. The van der Waals surface area contributed by atoms with Crippen LogP contribution in [-0.4, -0.2) is 29.9 Å². The van der Waals surface area contributed by atoms with Crippen LogP contribution < -0.4 is 10.6 Å². The van der Waals surface area contributed by atoms with Crippen molar-refractivity contribution in [3.63, 3.8) is 0 Å². The molecular formula is C22H18ClN3O4. The van der Waals surface area contributed by atoms with E-state index in [9.17, 15) is 14.4 Å². The maximum atomic E-state index is 12.4. The van der Waals surface area contributed by atoms with E-state index in [-0.39, 0.29) is 23.9 Å². The number of methoxy groups -OCH3 is 1. The molecular weight excluding hydrogens is 406 g/mol. The molecule has 1 aromatic heterocycles. The van der Waals surface area contributed by atoms with Crippen molar-refractivity contribution in [2.75, 3.05) is 12.4 Å². The smallest absolute Gasteiger partial charge is 0.337 e. The van der Waals surface area contributed by atoms with Crippen LogP contribution in [0.15, 0.2) is 67.0 Å². The largest absolute Gasteiger partial charge is 0.465 e. The SMILES string of the molecule is COC(=O)c1cc(CNC(=O)c2ccccc2Cl)cc(NC(=O)c2ccncc2)c1. The molecule has 30 heavy (non-hydrogen) atoms. The molecule has 2 amide bonds. The Bertz CT molecular complexity index is 1090. The number of amides is 2. The Balaban J connectivity index is 1.80. The second-order valence-corrected chi connectivity index (χ2v) is 6.67. The van der Waals surface area contributed by atoms with Crippen molar-refractivity contribution in [2.45, 2.75) is 6.54 Å². The lowest BCUT2D eigenvalue weighted by atomic mass is 10.1. The fourth-order valence-corrected chi connectivity index (χ4v) is 2.95. The number of ether oxygens (including phenoxy) is 1. The van der Waals surface area contributed by atoms with Crippen LogP contribution in [0, 0.1) is 0 Å². The van der Waals surface area contributed by atoms with Crippen LogP contribution in [0.1, 0.15) is 36.6 Å². The summed E-state index contributed by atoms with van der Waals surface area (Å²) in [7, 11) is 1.27. The van der Waals surface area contributed by atoms with Gasteiger partial charge >= 0.3 is 5.97 Å². The minimum absolute atomic E-state index is 0.118. The van der Waals surface area contributed by atoms with E-state index >= 15 is 0 Å². The first-order chi connectivity index (χ1) is 14.5. The van der Waals surface area contributed by atoms with Gasteiger partial charge < -0.3 is 15.4 Å². The van der Waals surface area contributed by atoms with E-state index in [0.717, 1.165) is 0 Å². The molecule has 0 saturated carbocycles. The Labute approximate surface area is 178 Å². The maximum Gasteiger partial charge on any atom is 0.337 e. The van der Waals surface area contributed by atoms with E-state index in [1.165, 1.54) is 25.6 Å². The predicted octanol–water partition coefficient (Wildman–Crippen LogP) is 3.70. The molecule has 2 aromatic carbocycles. The molecule has 0 saturated heterocycles. The second-order valence-electron chi connectivity index (χ2n) is 6.26. The number of pyridine rings is 1. The summed E-state index contributed by atoms with van der Waals surface area (Å²) < 4.78 is 4.78. The number of benzene rings is 2. The van der Waals surface area contributed by atoms with Gasteiger partial charge in [0, 0.05) is 30.2 Å². The molecule has 0 aliphatic carbocycles. The Morgan fingerprint density at radius 1 is 0.967 bits per heavy atom. The lowest BCUT2D eigenvalue weighted by molar-refractivity contribution is 0.0600. The first kappa shape index (κ1) is 21.0. The number of nitrogens with one attached hydrogen (secondary N) is 2. The molecule has 3 rings (SSSR count). The highest BCUT2D eigenvalue weighted by atomic mass is 35.5. The molecule has 0 atom stereocenters. The number of hydrogen-bond donors (Lipinski definition) is 2. The summed E-state index contributed by atoms with van der Waals surface area (Å²) in [4.78, 5) is 40.7. The Morgan fingerprint density at radius 2 is 1.70 bits per heavy atom. The highest BCUT2D eigenvalue weighted by molar-refractivity contribution is 6.33. The van der Waals surface area contributed by atoms with Gasteiger partial charge in [-0.15, -0.1) is 0 Å². The highest BCUT2D eigenvalue weighted by Crippen LogP contribution is 2.18. The average Bonchev–Trinajstić information content (AvgIpc) is 2.77. The van der Waals surface area contributed by atoms with Gasteiger partial charge in [-0.05, 0) is 48.0 Å². The third kappa shape index (κ3) is 5.21. The lowest BCUT2D eigenvalue weighted by Gasteiger charge is -2.12. The summed E-state index contributed by atoms with van der Waals surface area (Å²) in [5.74, 6) is -1.27. The van der Waals surface area contributed by atoms with E-state index in [1.54, 1.807) is 48.5 Å². The van der Waals surface area contributed by atoms with E-state index < -0.39 is 5.97 Å². The summed E-state index contributed by atoms with van der Waals surface area (Å²) in [6.45, 7) is 0.118. The van der Waals surface area contributed by atoms with Crippen molar-refractivity contribution in [1.29, 1.82) is 0 Å². The molecule has 1 heterocycles. The maximum absolute atomic E-state index is 12.4. The summed E-state index contributed by atoms with van der Waals surface area (Å²) in [6.07, 6.45) is 3.02. The third-order valence-corrected chi connectivity index (χ3v) is 4.52. The molecule has 2 N–H and O–H groups in total. The summed E-state index contributed by atoms with van der Waals surface area (Å²) in [6, 6.07) is 14.6. The van der Waals surface area contributed by atoms with Crippen LogP contribution in [0.4, 0.5) is 5.69 Å². The van der Waals surface area contributed by atoms with Gasteiger partial charge in [0.1, 0.15) is 0 Å². The molecule has 0 spiro atoms. The number of hydrogen-bond acceptors (Lipinski definition) is 5. The summed E-state index contributed by atoms with van der Waals surface area (Å²) >= 11 is 6.05. The lowest BCUT2D eigenvalue weighted by Crippen LogP contribution is -2.23. The molecule has 152 valence electrons. The fraction of sp³-hybridized carbons (Fsp3) is 0.0909. The average molecular weight is 424 g/mol. The van der Waals surface area contributed by atoms with Crippen LogP contribution in [0.25, 0.3) is 0 Å². The zero-order chi connectivity index (χ0) is 21.5. The number of rotatable bonds is 6. The van der Waals surface area contributed by atoms with E-state index in [4.69, 9.17) is 16.3 Å². The van der Waals surface area contributed by atoms with Gasteiger partial charge in [-0.25, -0.2) is 4.79 Å². The molecule has 0 aliphatic heterocycles. The van der Waals surface area contributed by atoms with Gasteiger partial charge in [0.25, 0.3) is 11.8 Å². The summed E-state index contributed by atoms with van der Waals surface area (Å²) in [5, 5.41) is 5.83. The number of anilines is 1. The van der Waals surface area contributed by atoms with Crippen molar-refractivity contribution in [3.05, 3.63) is 94.3 Å². The second kappa shape index (κ2) is 9.67. The molecule has 8 heteroatoms. The Kier molecular flexibility index (Phi) is 6.77. The molecule has 0 radical (unpaired) electrons. The molecule has 0 unspecified atom stereocenters. The Hall–Kier alpha value is -3.71. The highest BCUT2D eigenvalue weighted by Gasteiger charge is 2.14. The van der Waals surface area contributed by atoms with Gasteiger partial charge in [0.15, 0.2) is 0 Å². The third-order valence-electron chi connectivity index (χ3n) is 4.19. The van der Waals surface area contributed by atoms with E-state index in [0.29, 0.717) is 27.4 Å².